The van der Waals surface area contributed by atoms with E-state index in [1.54, 1.807) is 18.2 Å². The molecule has 1 unspecified atom stereocenters. The smallest absolute Gasteiger partial charge is 0.205 e. The van der Waals surface area contributed by atoms with Gasteiger partial charge in [0.05, 0.1) is 4.90 Å². The van der Waals surface area contributed by atoms with Crippen molar-refractivity contribution in [1.29, 1.82) is 0 Å². The Morgan fingerprint density at radius 2 is 1.58 bits per heavy atom. The van der Waals surface area contributed by atoms with Crippen LogP contribution in [0.1, 0.15) is 5.56 Å². The summed E-state index contributed by atoms with van der Waals surface area (Å²) < 4.78 is 36.9. The van der Waals surface area contributed by atoms with Gasteiger partial charge in [0.2, 0.25) is 9.84 Å². The van der Waals surface area contributed by atoms with Crippen molar-refractivity contribution in [1.82, 2.24) is 0 Å². The Hall–Kier alpha value is -1.72. The van der Waals surface area contributed by atoms with Gasteiger partial charge in [-0.3, -0.25) is 0 Å². The van der Waals surface area contributed by atoms with Crippen molar-refractivity contribution >= 4 is 9.84 Å². The molecule has 19 heavy (non-hydrogen) atoms. The fourth-order valence-electron chi connectivity index (χ4n) is 1.70. The highest BCUT2D eigenvalue weighted by molar-refractivity contribution is 7.91. The monoisotopic (exact) mass is 280 g/mol. The van der Waals surface area contributed by atoms with Crippen LogP contribution in [0.3, 0.4) is 0 Å². The molecule has 0 aliphatic carbocycles. The number of sulfone groups is 1. The lowest BCUT2D eigenvalue weighted by Crippen LogP contribution is -2.23. The molecule has 0 aliphatic rings. The van der Waals surface area contributed by atoms with E-state index >= 15 is 0 Å². The fraction of sp³-hybridized carbons (Fsp3) is 0.143. The van der Waals surface area contributed by atoms with E-state index in [-0.39, 0.29) is 11.3 Å². The molecule has 0 saturated carbocycles. The molecule has 0 fully saturated rings. The van der Waals surface area contributed by atoms with Crippen molar-refractivity contribution in [3.05, 3.63) is 66.0 Å². The lowest BCUT2D eigenvalue weighted by Gasteiger charge is -2.12. The highest BCUT2D eigenvalue weighted by Gasteiger charge is 2.25. The zero-order chi connectivity index (χ0) is 13.9. The third-order valence-electron chi connectivity index (χ3n) is 2.75. The van der Waals surface area contributed by atoms with Crippen LogP contribution in [0, 0.1) is 5.82 Å². The van der Waals surface area contributed by atoms with Crippen LogP contribution in [-0.4, -0.2) is 19.0 Å². The number of benzene rings is 2. The Morgan fingerprint density at radius 1 is 1.00 bits per heavy atom. The van der Waals surface area contributed by atoms with Gasteiger partial charge in [0.15, 0.2) is 5.44 Å². The molecule has 0 saturated heterocycles. The number of aliphatic hydroxyl groups is 1. The van der Waals surface area contributed by atoms with Gasteiger partial charge in [-0.2, -0.15) is 0 Å². The van der Waals surface area contributed by atoms with Gasteiger partial charge in [0.25, 0.3) is 0 Å². The van der Waals surface area contributed by atoms with Crippen molar-refractivity contribution in [2.24, 2.45) is 0 Å². The molecule has 0 heterocycles. The zero-order valence-electron chi connectivity index (χ0n) is 10.0. The Balaban J connectivity index is 2.20. The van der Waals surface area contributed by atoms with E-state index in [0.717, 1.165) is 0 Å². The summed E-state index contributed by atoms with van der Waals surface area (Å²) in [5.74, 6) is -0.399. The summed E-state index contributed by atoms with van der Waals surface area (Å²) >= 11 is 0. The van der Waals surface area contributed by atoms with Gasteiger partial charge in [0.1, 0.15) is 5.82 Å². The standard InChI is InChI=1S/C14H13FO3S/c15-12-8-6-11(7-9-12)10-14(16)19(17,18)13-4-2-1-3-5-13/h1-9,14,16H,10H2. The summed E-state index contributed by atoms with van der Waals surface area (Å²) in [5.41, 5.74) is -0.978. The molecule has 0 spiro atoms. The Morgan fingerprint density at radius 3 is 2.16 bits per heavy atom. The molecule has 0 amide bonds. The highest BCUT2D eigenvalue weighted by Crippen LogP contribution is 2.17. The van der Waals surface area contributed by atoms with Crippen LogP contribution < -0.4 is 0 Å². The first-order chi connectivity index (χ1) is 9.00. The largest absolute Gasteiger partial charge is 0.376 e. The number of hydrogen-bond acceptors (Lipinski definition) is 3. The number of halogens is 1. The average molecular weight is 280 g/mol. The van der Waals surface area contributed by atoms with E-state index in [2.05, 4.69) is 0 Å². The minimum Gasteiger partial charge on any atom is -0.376 e. The maximum atomic E-state index is 12.7. The number of aliphatic hydroxyl groups excluding tert-OH is 1. The summed E-state index contributed by atoms with van der Waals surface area (Å²) in [7, 11) is -3.79. The van der Waals surface area contributed by atoms with Crippen molar-refractivity contribution in [2.75, 3.05) is 0 Å². The number of rotatable bonds is 4. The maximum absolute atomic E-state index is 12.7. The minimum atomic E-state index is -3.79. The molecule has 0 radical (unpaired) electrons. The average Bonchev–Trinajstić information content (AvgIpc) is 2.42. The normalized spacial score (nSPS) is 13.2. The van der Waals surface area contributed by atoms with Gasteiger partial charge in [-0.1, -0.05) is 30.3 Å². The second kappa shape index (κ2) is 5.50. The molecule has 0 bridgehead atoms. The second-order valence-electron chi connectivity index (χ2n) is 4.14. The van der Waals surface area contributed by atoms with E-state index in [9.17, 15) is 17.9 Å². The lowest BCUT2D eigenvalue weighted by molar-refractivity contribution is 0.249. The quantitative estimate of drug-likeness (QED) is 0.933. The third-order valence-corrected chi connectivity index (χ3v) is 4.57. The summed E-state index contributed by atoms with van der Waals surface area (Å²) in [4.78, 5) is 0.0737. The summed E-state index contributed by atoms with van der Waals surface area (Å²) in [6.45, 7) is 0. The molecular weight excluding hydrogens is 267 g/mol. The van der Waals surface area contributed by atoms with E-state index < -0.39 is 21.1 Å². The molecule has 2 aromatic rings. The topological polar surface area (TPSA) is 54.4 Å². The molecule has 100 valence electrons. The first-order valence-corrected chi connectivity index (χ1v) is 7.26. The molecule has 0 aromatic heterocycles. The van der Waals surface area contributed by atoms with E-state index in [1.165, 1.54) is 36.4 Å². The predicted octanol–water partition coefficient (Wildman–Crippen LogP) is 2.16. The SMILES string of the molecule is O=S(=O)(c1ccccc1)C(O)Cc1ccc(F)cc1. The van der Waals surface area contributed by atoms with Crippen LogP contribution in [0.4, 0.5) is 4.39 Å². The Kier molecular flexibility index (Phi) is 3.97. The zero-order valence-corrected chi connectivity index (χ0v) is 10.8. The van der Waals surface area contributed by atoms with Gasteiger partial charge in [-0.25, -0.2) is 12.8 Å². The van der Waals surface area contributed by atoms with Crippen LogP contribution in [-0.2, 0) is 16.3 Å². The summed E-state index contributed by atoms with van der Waals surface area (Å²) in [5, 5.41) is 9.87. The van der Waals surface area contributed by atoms with E-state index in [4.69, 9.17) is 0 Å². The van der Waals surface area contributed by atoms with Crippen LogP contribution >= 0.6 is 0 Å². The Labute approximate surface area is 111 Å². The molecule has 2 aromatic carbocycles. The van der Waals surface area contributed by atoms with Gasteiger partial charge < -0.3 is 5.11 Å². The van der Waals surface area contributed by atoms with E-state index in [0.29, 0.717) is 5.56 Å². The number of hydrogen-bond donors (Lipinski definition) is 1. The molecule has 0 aliphatic heterocycles. The van der Waals surface area contributed by atoms with Gasteiger partial charge in [-0.05, 0) is 29.8 Å². The van der Waals surface area contributed by atoms with Crippen molar-refractivity contribution in [3.8, 4) is 0 Å². The minimum absolute atomic E-state index is 0.0719. The maximum Gasteiger partial charge on any atom is 0.205 e. The van der Waals surface area contributed by atoms with Crippen molar-refractivity contribution in [2.45, 2.75) is 16.8 Å². The molecular formula is C14H13FO3S. The van der Waals surface area contributed by atoms with Crippen LogP contribution in [0.2, 0.25) is 0 Å². The van der Waals surface area contributed by atoms with Crippen molar-refractivity contribution < 1.29 is 17.9 Å². The highest BCUT2D eigenvalue weighted by atomic mass is 32.2. The van der Waals surface area contributed by atoms with Crippen LogP contribution in [0.5, 0.6) is 0 Å². The Bertz CT molecular complexity index is 636. The summed E-state index contributed by atoms with van der Waals surface area (Å²) in [6.07, 6.45) is -0.0719. The second-order valence-corrected chi connectivity index (χ2v) is 6.25. The van der Waals surface area contributed by atoms with Gasteiger partial charge in [0, 0.05) is 6.42 Å². The van der Waals surface area contributed by atoms with E-state index in [1.807, 2.05) is 0 Å². The lowest BCUT2D eigenvalue weighted by atomic mass is 10.2. The van der Waals surface area contributed by atoms with Crippen molar-refractivity contribution in [3.63, 3.8) is 0 Å². The molecule has 2 rings (SSSR count). The van der Waals surface area contributed by atoms with Crippen LogP contribution in [0.15, 0.2) is 59.5 Å². The molecule has 5 heteroatoms. The molecule has 1 atom stereocenters. The van der Waals surface area contributed by atoms with Gasteiger partial charge in [-0.15, -0.1) is 0 Å². The first-order valence-electron chi connectivity index (χ1n) is 5.71. The van der Waals surface area contributed by atoms with Crippen LogP contribution in [0.25, 0.3) is 0 Å². The first kappa shape index (κ1) is 13.7. The molecule has 3 nitrogen and oxygen atoms in total. The molecule has 1 N–H and O–H groups in total. The van der Waals surface area contributed by atoms with Gasteiger partial charge >= 0.3 is 0 Å². The summed E-state index contributed by atoms with van der Waals surface area (Å²) in [6, 6.07) is 13.1. The predicted molar refractivity (Wildman–Crippen MR) is 69.7 cm³/mol. The fourth-order valence-corrected chi connectivity index (χ4v) is 2.96. The third kappa shape index (κ3) is 3.19.